The number of nitrogens with zero attached hydrogens (tertiary/aromatic N) is 3. The molecule has 0 amide bonds. The van der Waals surface area contributed by atoms with Gasteiger partial charge < -0.3 is 9.47 Å². The van der Waals surface area contributed by atoms with Crippen LogP contribution in [0.2, 0.25) is 0 Å². The lowest BCUT2D eigenvalue weighted by Crippen LogP contribution is -2.20. The zero-order chi connectivity index (χ0) is 8.10. The van der Waals surface area contributed by atoms with Crippen LogP contribution >= 0.6 is 0 Å². The molecular formula is C6H11N3O2. The van der Waals surface area contributed by atoms with Crippen LogP contribution in [0.1, 0.15) is 6.92 Å². The van der Waals surface area contributed by atoms with Crippen molar-refractivity contribution < 1.29 is 9.47 Å². The number of hydrogen-bond donors (Lipinski definition) is 0. The van der Waals surface area contributed by atoms with Crippen LogP contribution in [0.3, 0.4) is 0 Å². The molecule has 1 atom stereocenters. The first-order chi connectivity index (χ1) is 5.34. The molecule has 0 bridgehead atoms. The molecule has 0 N–H and O–H groups in total. The molecule has 0 aromatic heterocycles. The molecule has 1 saturated heterocycles. The van der Waals surface area contributed by atoms with Gasteiger partial charge in [0.2, 0.25) is 0 Å². The summed E-state index contributed by atoms with van der Waals surface area (Å²) in [6.45, 7) is 3.66. The summed E-state index contributed by atoms with van der Waals surface area (Å²) in [6, 6.07) is 0. The second-order valence-electron chi connectivity index (χ2n) is 2.50. The zero-order valence-electron chi connectivity index (χ0n) is 6.43. The molecule has 0 spiro atoms. The lowest BCUT2D eigenvalue weighted by molar-refractivity contribution is -0.0755. The molecule has 62 valence electrons. The Morgan fingerprint density at radius 1 is 1.64 bits per heavy atom. The second-order valence-corrected chi connectivity index (χ2v) is 2.50. The van der Waals surface area contributed by atoms with Gasteiger partial charge >= 0.3 is 0 Å². The Kier molecular flexibility index (Phi) is 3.16. The van der Waals surface area contributed by atoms with Crippen molar-refractivity contribution in [3.05, 3.63) is 10.4 Å². The van der Waals surface area contributed by atoms with E-state index >= 15 is 0 Å². The molecule has 1 heterocycles. The highest BCUT2D eigenvalue weighted by Crippen LogP contribution is 2.14. The van der Waals surface area contributed by atoms with Gasteiger partial charge in [0, 0.05) is 17.4 Å². The maximum Gasteiger partial charge on any atom is 0.160 e. The van der Waals surface area contributed by atoms with Crippen LogP contribution in [0.15, 0.2) is 5.11 Å². The van der Waals surface area contributed by atoms with Crippen LogP contribution in [0.5, 0.6) is 0 Å². The summed E-state index contributed by atoms with van der Waals surface area (Å²) < 4.78 is 10.4. The summed E-state index contributed by atoms with van der Waals surface area (Å²) in [7, 11) is 0. The average molecular weight is 157 g/mol. The van der Waals surface area contributed by atoms with Gasteiger partial charge in [-0.2, -0.15) is 0 Å². The van der Waals surface area contributed by atoms with Crippen molar-refractivity contribution in [3.63, 3.8) is 0 Å². The molecule has 11 heavy (non-hydrogen) atoms. The summed E-state index contributed by atoms with van der Waals surface area (Å²) in [5.41, 5.74) is 8.03. The Morgan fingerprint density at radius 3 is 2.82 bits per heavy atom. The molecule has 0 saturated carbocycles. The molecular weight excluding hydrogens is 146 g/mol. The van der Waals surface area contributed by atoms with Gasteiger partial charge in [-0.1, -0.05) is 12.0 Å². The van der Waals surface area contributed by atoms with Gasteiger partial charge in [-0.3, -0.25) is 0 Å². The molecule has 1 rings (SSSR count). The maximum absolute atomic E-state index is 8.03. The Morgan fingerprint density at radius 2 is 2.27 bits per heavy atom. The van der Waals surface area contributed by atoms with E-state index in [1.165, 1.54) is 0 Å². The van der Waals surface area contributed by atoms with Crippen LogP contribution in [0, 0.1) is 5.92 Å². The molecule has 1 aliphatic rings. The highest BCUT2D eigenvalue weighted by Gasteiger charge is 2.21. The summed E-state index contributed by atoms with van der Waals surface area (Å²) in [6.07, 6.45) is -0.180. The second kappa shape index (κ2) is 4.18. The lowest BCUT2D eigenvalue weighted by atomic mass is 10.2. The fourth-order valence-corrected chi connectivity index (χ4v) is 0.957. The predicted molar refractivity (Wildman–Crippen MR) is 38.9 cm³/mol. The van der Waals surface area contributed by atoms with Gasteiger partial charge in [-0.15, -0.1) is 0 Å². The third-order valence-electron chi connectivity index (χ3n) is 1.55. The molecule has 0 aromatic carbocycles. The molecule has 0 radical (unpaired) electrons. The van der Waals surface area contributed by atoms with E-state index in [4.69, 9.17) is 15.0 Å². The minimum atomic E-state index is -0.180. The van der Waals surface area contributed by atoms with E-state index in [-0.39, 0.29) is 12.2 Å². The fourth-order valence-electron chi connectivity index (χ4n) is 0.957. The van der Waals surface area contributed by atoms with Crippen LogP contribution in [-0.4, -0.2) is 26.0 Å². The first-order valence-corrected chi connectivity index (χ1v) is 3.58. The molecule has 0 aliphatic carbocycles. The SMILES string of the molecule is CC(CN=[N+]=[N-])C1OCCO1. The van der Waals surface area contributed by atoms with Crippen LogP contribution in [-0.2, 0) is 9.47 Å². The van der Waals surface area contributed by atoms with E-state index in [2.05, 4.69) is 10.0 Å². The van der Waals surface area contributed by atoms with Crippen molar-refractivity contribution in [3.8, 4) is 0 Å². The smallest absolute Gasteiger partial charge is 0.160 e. The van der Waals surface area contributed by atoms with Gasteiger partial charge in [0.05, 0.1) is 13.2 Å². The van der Waals surface area contributed by atoms with Gasteiger partial charge in [0.25, 0.3) is 0 Å². The fraction of sp³-hybridized carbons (Fsp3) is 1.00. The van der Waals surface area contributed by atoms with Crippen LogP contribution in [0.4, 0.5) is 0 Å². The van der Waals surface area contributed by atoms with Crippen molar-refractivity contribution in [2.24, 2.45) is 11.0 Å². The highest BCUT2D eigenvalue weighted by molar-refractivity contribution is 4.64. The van der Waals surface area contributed by atoms with Gasteiger partial charge in [-0.05, 0) is 5.53 Å². The van der Waals surface area contributed by atoms with Crippen molar-refractivity contribution in [2.75, 3.05) is 19.8 Å². The minimum Gasteiger partial charge on any atom is -0.350 e. The van der Waals surface area contributed by atoms with E-state index in [0.717, 1.165) is 0 Å². The quantitative estimate of drug-likeness (QED) is 0.352. The Labute approximate surface area is 64.9 Å². The van der Waals surface area contributed by atoms with Gasteiger partial charge in [-0.25, -0.2) is 0 Å². The number of azide groups is 1. The van der Waals surface area contributed by atoms with Crippen molar-refractivity contribution >= 4 is 0 Å². The van der Waals surface area contributed by atoms with Crippen LogP contribution in [0.25, 0.3) is 10.4 Å². The summed E-state index contributed by atoms with van der Waals surface area (Å²) in [4.78, 5) is 2.66. The van der Waals surface area contributed by atoms with E-state index in [1.54, 1.807) is 0 Å². The average Bonchev–Trinajstić information content (AvgIpc) is 2.52. The number of hydrogen-bond acceptors (Lipinski definition) is 3. The first kappa shape index (κ1) is 8.33. The Balaban J connectivity index is 2.27. The monoisotopic (exact) mass is 157 g/mol. The molecule has 1 aliphatic heterocycles. The van der Waals surface area contributed by atoms with Gasteiger partial charge in [0.1, 0.15) is 0 Å². The van der Waals surface area contributed by atoms with Crippen LogP contribution < -0.4 is 0 Å². The Bertz CT molecular complexity index is 161. The predicted octanol–water partition coefficient (Wildman–Crippen LogP) is 1.31. The normalized spacial score (nSPS) is 21.2. The molecule has 0 aromatic rings. The summed E-state index contributed by atoms with van der Waals surface area (Å²) in [5.74, 6) is 0.147. The molecule has 5 heteroatoms. The highest BCUT2D eigenvalue weighted by atomic mass is 16.7. The topological polar surface area (TPSA) is 67.2 Å². The molecule has 1 unspecified atom stereocenters. The minimum absolute atomic E-state index is 0.147. The number of rotatable bonds is 3. The van der Waals surface area contributed by atoms with E-state index in [1.807, 2.05) is 6.92 Å². The van der Waals surface area contributed by atoms with Crippen molar-refractivity contribution in [1.82, 2.24) is 0 Å². The summed E-state index contributed by atoms with van der Waals surface area (Å²) >= 11 is 0. The third kappa shape index (κ3) is 2.38. The third-order valence-corrected chi connectivity index (χ3v) is 1.55. The lowest BCUT2D eigenvalue weighted by Gasteiger charge is -2.14. The van der Waals surface area contributed by atoms with Gasteiger partial charge in [0.15, 0.2) is 6.29 Å². The van der Waals surface area contributed by atoms with E-state index < -0.39 is 0 Å². The maximum atomic E-state index is 8.03. The largest absolute Gasteiger partial charge is 0.350 e. The number of ether oxygens (including phenoxy) is 2. The zero-order valence-corrected chi connectivity index (χ0v) is 6.43. The summed E-state index contributed by atoms with van der Waals surface area (Å²) in [5, 5.41) is 3.44. The first-order valence-electron chi connectivity index (χ1n) is 3.58. The van der Waals surface area contributed by atoms with E-state index in [0.29, 0.717) is 19.8 Å². The van der Waals surface area contributed by atoms with Crippen molar-refractivity contribution in [1.29, 1.82) is 0 Å². The molecule has 5 nitrogen and oxygen atoms in total. The standard InChI is InChI=1S/C6H11N3O2/c1-5(4-8-9-7)6-10-2-3-11-6/h5-6H,2-4H2,1H3. The van der Waals surface area contributed by atoms with Crippen molar-refractivity contribution in [2.45, 2.75) is 13.2 Å². The molecule has 1 fully saturated rings. The van der Waals surface area contributed by atoms with E-state index in [9.17, 15) is 0 Å². The Hall–Kier alpha value is -0.770.